The first-order valence-electron chi connectivity index (χ1n) is 12.6. The van der Waals surface area contributed by atoms with Gasteiger partial charge in [-0.05, 0) is 48.7 Å². The van der Waals surface area contributed by atoms with Gasteiger partial charge in [-0.25, -0.2) is 8.78 Å². The Hall–Kier alpha value is -2.91. The summed E-state index contributed by atoms with van der Waals surface area (Å²) in [6, 6.07) is 14.6. The molecular formula is C28H29F5N4. The Morgan fingerprint density at radius 1 is 1.03 bits per heavy atom. The van der Waals surface area contributed by atoms with Crippen molar-refractivity contribution in [2.45, 2.75) is 44.3 Å². The van der Waals surface area contributed by atoms with Gasteiger partial charge in [0.05, 0.1) is 19.3 Å². The van der Waals surface area contributed by atoms with E-state index in [9.17, 15) is 22.0 Å². The Balaban J connectivity index is 1.40. The fourth-order valence-electron chi connectivity index (χ4n) is 6.04. The smallest absolute Gasteiger partial charge is 0.319 e. The Bertz CT molecular complexity index is 1420. The number of halogens is 5. The largest absolute Gasteiger partial charge is 0.357 e. The minimum atomic E-state index is -4.13. The lowest BCUT2D eigenvalue weighted by molar-refractivity contribution is -0.150. The summed E-state index contributed by atoms with van der Waals surface area (Å²) in [5, 5.41) is 1.95. The number of nitrogens with zero attached hydrogens (tertiary/aromatic N) is 2. The van der Waals surface area contributed by atoms with Crippen LogP contribution in [0.3, 0.4) is 0 Å². The molecule has 0 aliphatic carbocycles. The Morgan fingerprint density at radius 3 is 2.57 bits per heavy atom. The van der Waals surface area contributed by atoms with Gasteiger partial charge in [0, 0.05) is 64.8 Å². The lowest BCUT2D eigenvalue weighted by atomic mass is 9.88. The fourth-order valence-corrected chi connectivity index (χ4v) is 6.04. The normalized spacial score (nSPS) is 21.7. The summed E-state index contributed by atoms with van der Waals surface area (Å²) in [6.07, 6.45) is -3.25. The molecule has 2 aromatic heterocycles. The maximum atomic E-state index is 14.4. The van der Waals surface area contributed by atoms with Crippen LogP contribution < -0.4 is 0 Å². The van der Waals surface area contributed by atoms with Crippen molar-refractivity contribution in [3.05, 3.63) is 71.0 Å². The van der Waals surface area contributed by atoms with E-state index in [1.165, 1.54) is 4.90 Å². The third-order valence-corrected chi connectivity index (χ3v) is 7.89. The Morgan fingerprint density at radius 2 is 1.81 bits per heavy atom. The standard InChI is InChI=1S/C28H29F5N4/c1-16-8-22-21-4-2-3-5-24(21)35-25(22)26(37(16)15-28(32,33)27(30)31)18-6-7-23-19(9-18)10-20(34-23)14-36-12-17(11-29)13-36/h2-7,9-10,16-17,26-27,34-35H,8,11-15H2,1H3/t16-,26-/m1/s1. The maximum Gasteiger partial charge on any atom is 0.319 e. The number of hydrogen-bond acceptors (Lipinski definition) is 2. The van der Waals surface area contributed by atoms with Crippen LogP contribution in [-0.2, 0) is 13.0 Å². The van der Waals surface area contributed by atoms with E-state index in [0.29, 0.717) is 13.0 Å². The fraction of sp³-hybridized carbons (Fsp3) is 0.429. The average molecular weight is 517 g/mol. The average Bonchev–Trinajstić information content (AvgIpc) is 3.41. The zero-order chi connectivity index (χ0) is 25.9. The van der Waals surface area contributed by atoms with Crippen molar-refractivity contribution in [3.8, 4) is 0 Å². The summed E-state index contributed by atoms with van der Waals surface area (Å²) >= 11 is 0. The molecule has 0 amide bonds. The highest BCUT2D eigenvalue weighted by Gasteiger charge is 2.47. The number of H-pyrrole nitrogens is 2. The number of aromatic nitrogens is 2. The summed E-state index contributed by atoms with van der Waals surface area (Å²) < 4.78 is 68.1. The summed E-state index contributed by atoms with van der Waals surface area (Å²) in [6.45, 7) is 2.63. The summed E-state index contributed by atoms with van der Waals surface area (Å²) in [5.41, 5.74) is 5.39. The van der Waals surface area contributed by atoms with Crippen molar-refractivity contribution in [1.29, 1.82) is 0 Å². The van der Waals surface area contributed by atoms with E-state index < -0.39 is 24.9 Å². The van der Waals surface area contributed by atoms with E-state index in [4.69, 9.17) is 0 Å². The number of hydrogen-bond donors (Lipinski definition) is 2. The number of para-hydroxylation sites is 1. The number of benzene rings is 2. The van der Waals surface area contributed by atoms with Crippen molar-refractivity contribution in [1.82, 2.24) is 19.8 Å². The second kappa shape index (κ2) is 9.13. The minimum absolute atomic E-state index is 0.104. The number of aromatic amines is 2. The molecule has 1 saturated heterocycles. The second-order valence-electron chi connectivity index (χ2n) is 10.6. The molecule has 2 N–H and O–H groups in total. The lowest BCUT2D eigenvalue weighted by Crippen LogP contribution is -2.50. The molecule has 2 aliphatic heterocycles. The van der Waals surface area contributed by atoms with E-state index in [1.807, 2.05) is 55.5 Å². The molecule has 9 heteroatoms. The van der Waals surface area contributed by atoms with Gasteiger partial charge in [-0.2, -0.15) is 8.78 Å². The van der Waals surface area contributed by atoms with Crippen LogP contribution in [0.2, 0.25) is 0 Å². The number of likely N-dealkylation sites (tertiary alicyclic amines) is 1. The van der Waals surface area contributed by atoms with Crippen molar-refractivity contribution in [3.63, 3.8) is 0 Å². The predicted octanol–water partition coefficient (Wildman–Crippen LogP) is 6.29. The molecule has 4 nitrogen and oxygen atoms in total. The number of fused-ring (bicyclic) bond motifs is 4. The second-order valence-corrected chi connectivity index (χ2v) is 10.6. The first-order valence-corrected chi connectivity index (χ1v) is 12.6. The molecule has 2 atom stereocenters. The minimum Gasteiger partial charge on any atom is -0.357 e. The lowest BCUT2D eigenvalue weighted by Gasteiger charge is -2.42. The van der Waals surface area contributed by atoms with Gasteiger partial charge in [0.1, 0.15) is 0 Å². The van der Waals surface area contributed by atoms with Gasteiger partial charge in [-0.3, -0.25) is 14.2 Å². The summed E-state index contributed by atoms with van der Waals surface area (Å²) in [5.74, 6) is -4.03. The highest BCUT2D eigenvalue weighted by molar-refractivity contribution is 5.86. The Labute approximate surface area is 211 Å². The molecule has 2 aliphatic rings. The first-order chi connectivity index (χ1) is 17.7. The monoisotopic (exact) mass is 516 g/mol. The SMILES string of the molecule is C[C@@H]1Cc2c([nH]c3ccccc23)[C@@H](c2ccc3[nH]c(CN4CC(CF)C4)cc3c2)N1CC(F)(F)C(F)F. The van der Waals surface area contributed by atoms with E-state index in [0.717, 1.165) is 57.4 Å². The molecule has 37 heavy (non-hydrogen) atoms. The van der Waals surface area contributed by atoms with Crippen molar-refractivity contribution >= 4 is 21.8 Å². The van der Waals surface area contributed by atoms with Crippen LogP contribution in [0.15, 0.2) is 48.5 Å². The van der Waals surface area contributed by atoms with Crippen LogP contribution in [0, 0.1) is 5.92 Å². The van der Waals surface area contributed by atoms with Gasteiger partial charge >= 0.3 is 12.3 Å². The van der Waals surface area contributed by atoms with Crippen LogP contribution in [0.5, 0.6) is 0 Å². The van der Waals surface area contributed by atoms with Gasteiger partial charge in [0.25, 0.3) is 0 Å². The van der Waals surface area contributed by atoms with Gasteiger partial charge in [0.15, 0.2) is 0 Å². The number of rotatable bonds is 7. The van der Waals surface area contributed by atoms with E-state index in [1.54, 1.807) is 0 Å². The van der Waals surface area contributed by atoms with Crippen LogP contribution in [-0.4, -0.2) is 64.5 Å². The topological polar surface area (TPSA) is 38.1 Å². The molecule has 6 rings (SSSR count). The molecule has 196 valence electrons. The highest BCUT2D eigenvalue weighted by Crippen LogP contribution is 2.43. The Kier molecular flexibility index (Phi) is 6.03. The molecule has 4 aromatic rings. The zero-order valence-corrected chi connectivity index (χ0v) is 20.5. The maximum absolute atomic E-state index is 14.4. The summed E-state index contributed by atoms with van der Waals surface area (Å²) in [7, 11) is 0. The van der Waals surface area contributed by atoms with Crippen LogP contribution >= 0.6 is 0 Å². The predicted molar refractivity (Wildman–Crippen MR) is 134 cm³/mol. The van der Waals surface area contributed by atoms with Crippen molar-refractivity contribution in [2.24, 2.45) is 5.92 Å². The molecule has 0 spiro atoms. The van der Waals surface area contributed by atoms with E-state index in [2.05, 4.69) is 14.9 Å². The first kappa shape index (κ1) is 24.4. The van der Waals surface area contributed by atoms with Crippen LogP contribution in [0.1, 0.15) is 35.5 Å². The molecule has 0 unspecified atom stereocenters. The zero-order valence-electron chi connectivity index (χ0n) is 20.5. The van der Waals surface area contributed by atoms with Gasteiger partial charge < -0.3 is 9.97 Å². The van der Waals surface area contributed by atoms with Gasteiger partial charge in [-0.15, -0.1) is 0 Å². The summed E-state index contributed by atoms with van der Waals surface area (Å²) in [4.78, 5) is 10.5. The molecule has 0 saturated carbocycles. The van der Waals surface area contributed by atoms with Crippen molar-refractivity contribution < 1.29 is 22.0 Å². The highest BCUT2D eigenvalue weighted by atomic mass is 19.3. The number of alkyl halides is 5. The molecule has 0 radical (unpaired) electrons. The molecule has 0 bridgehead atoms. The van der Waals surface area contributed by atoms with E-state index >= 15 is 0 Å². The van der Waals surface area contributed by atoms with E-state index in [-0.39, 0.29) is 18.6 Å². The van der Waals surface area contributed by atoms with Crippen molar-refractivity contribution in [2.75, 3.05) is 26.3 Å². The third kappa shape index (κ3) is 4.32. The molecular weight excluding hydrogens is 487 g/mol. The van der Waals surface area contributed by atoms with Crippen LogP contribution in [0.4, 0.5) is 22.0 Å². The number of nitrogens with one attached hydrogen (secondary N) is 2. The molecule has 1 fully saturated rings. The van der Waals surface area contributed by atoms with Gasteiger partial charge in [-0.1, -0.05) is 24.3 Å². The molecule has 4 heterocycles. The third-order valence-electron chi connectivity index (χ3n) is 7.89. The van der Waals surface area contributed by atoms with Gasteiger partial charge in [0.2, 0.25) is 0 Å². The molecule has 2 aromatic carbocycles. The van der Waals surface area contributed by atoms with Crippen LogP contribution in [0.25, 0.3) is 21.8 Å². The quantitative estimate of drug-likeness (QED) is 0.284.